The fourth-order valence-electron chi connectivity index (χ4n) is 2.02. The summed E-state index contributed by atoms with van der Waals surface area (Å²) in [5.41, 5.74) is 9.10. The summed E-state index contributed by atoms with van der Waals surface area (Å²) >= 11 is 0. The third kappa shape index (κ3) is 3.48. The van der Waals surface area contributed by atoms with Gasteiger partial charge in [0.2, 0.25) is 0 Å². The minimum absolute atomic E-state index is 0.281. The van der Waals surface area contributed by atoms with Gasteiger partial charge in [-0.05, 0) is 31.6 Å². The number of aromatic nitrogens is 1. The van der Waals surface area contributed by atoms with Gasteiger partial charge in [0.15, 0.2) is 0 Å². The second-order valence-electron chi connectivity index (χ2n) is 5.08. The van der Waals surface area contributed by atoms with E-state index in [1.807, 2.05) is 50.4 Å². The number of carbonyl (C=O) groups is 1. The molecule has 4 heteroatoms. The average Bonchev–Trinajstić information content (AvgIpc) is 2.81. The Hall–Kier alpha value is -2.07. The maximum Gasteiger partial charge on any atom is 0.323 e. The van der Waals surface area contributed by atoms with Crippen LogP contribution in [-0.2, 0) is 16.0 Å². The lowest BCUT2D eigenvalue weighted by Crippen LogP contribution is -2.34. The molecule has 3 N–H and O–H groups in total. The highest BCUT2D eigenvalue weighted by Crippen LogP contribution is 2.18. The third-order valence-corrected chi connectivity index (χ3v) is 3.13. The lowest BCUT2D eigenvalue weighted by molar-refractivity contribution is -0.143. The van der Waals surface area contributed by atoms with E-state index in [0.717, 1.165) is 22.0 Å². The first-order chi connectivity index (χ1) is 9.58. The van der Waals surface area contributed by atoms with Gasteiger partial charge in [-0.1, -0.05) is 23.8 Å². The van der Waals surface area contributed by atoms with Crippen molar-refractivity contribution in [2.75, 3.05) is 6.61 Å². The molecule has 1 aromatic carbocycles. The van der Waals surface area contributed by atoms with Crippen molar-refractivity contribution < 1.29 is 9.53 Å². The van der Waals surface area contributed by atoms with E-state index in [4.69, 9.17) is 10.5 Å². The standard InChI is InChI=1S/C16H20N2O2/c1-11(2)7-8-20-16(19)14(17)9-12-10-18-15-6-4-3-5-13(12)15/h3-7,10,14,18H,8-9,17H2,1-2H3/t14-/m0/s1. The van der Waals surface area contributed by atoms with E-state index >= 15 is 0 Å². The number of aromatic amines is 1. The number of hydrogen-bond acceptors (Lipinski definition) is 3. The first kappa shape index (κ1) is 14.3. The fraction of sp³-hybridized carbons (Fsp3) is 0.312. The highest BCUT2D eigenvalue weighted by Gasteiger charge is 2.17. The summed E-state index contributed by atoms with van der Waals surface area (Å²) in [6, 6.07) is 7.31. The number of para-hydroxylation sites is 1. The molecule has 1 atom stereocenters. The molecule has 2 aromatic rings. The Morgan fingerprint density at radius 2 is 2.15 bits per heavy atom. The molecule has 0 saturated heterocycles. The van der Waals surface area contributed by atoms with E-state index in [-0.39, 0.29) is 12.6 Å². The number of ether oxygens (including phenoxy) is 1. The van der Waals surface area contributed by atoms with Crippen LogP contribution in [0.15, 0.2) is 42.1 Å². The molecule has 0 saturated carbocycles. The van der Waals surface area contributed by atoms with E-state index in [1.54, 1.807) is 0 Å². The van der Waals surface area contributed by atoms with Gasteiger partial charge in [-0.25, -0.2) is 0 Å². The summed E-state index contributed by atoms with van der Waals surface area (Å²) in [6.07, 6.45) is 4.22. The maximum absolute atomic E-state index is 11.8. The Kier molecular flexibility index (Phi) is 4.58. The summed E-state index contributed by atoms with van der Waals surface area (Å²) in [6.45, 7) is 4.20. The largest absolute Gasteiger partial charge is 0.460 e. The summed E-state index contributed by atoms with van der Waals surface area (Å²) < 4.78 is 5.12. The van der Waals surface area contributed by atoms with Gasteiger partial charge in [-0.2, -0.15) is 0 Å². The minimum atomic E-state index is -0.639. The Balaban J connectivity index is 1.98. The second kappa shape index (κ2) is 6.39. The van der Waals surface area contributed by atoms with E-state index in [0.29, 0.717) is 6.42 Å². The van der Waals surface area contributed by atoms with E-state index < -0.39 is 6.04 Å². The summed E-state index contributed by atoms with van der Waals surface area (Å²) in [5.74, 6) is -0.368. The second-order valence-corrected chi connectivity index (χ2v) is 5.08. The van der Waals surface area contributed by atoms with Crippen molar-refractivity contribution in [1.82, 2.24) is 4.98 Å². The number of allylic oxidation sites excluding steroid dienone is 1. The summed E-state index contributed by atoms with van der Waals surface area (Å²) in [4.78, 5) is 15.0. The number of H-pyrrole nitrogens is 1. The van der Waals surface area contributed by atoms with Crippen LogP contribution in [0, 0.1) is 0 Å². The first-order valence-electron chi connectivity index (χ1n) is 6.68. The molecule has 0 aliphatic rings. The molecule has 4 nitrogen and oxygen atoms in total. The molecule has 0 aliphatic carbocycles. The number of nitrogens with two attached hydrogens (primary N) is 1. The molecule has 1 aromatic heterocycles. The average molecular weight is 272 g/mol. The van der Waals surface area contributed by atoms with Crippen LogP contribution in [0.2, 0.25) is 0 Å². The molecule has 106 valence electrons. The van der Waals surface area contributed by atoms with Crippen LogP contribution < -0.4 is 5.73 Å². The highest BCUT2D eigenvalue weighted by atomic mass is 16.5. The quantitative estimate of drug-likeness (QED) is 0.649. The molecule has 0 bridgehead atoms. The van der Waals surface area contributed by atoms with Crippen LogP contribution in [0.4, 0.5) is 0 Å². The van der Waals surface area contributed by atoms with Gasteiger partial charge in [0.25, 0.3) is 0 Å². The fourth-order valence-corrected chi connectivity index (χ4v) is 2.02. The van der Waals surface area contributed by atoms with Crippen LogP contribution in [0.3, 0.4) is 0 Å². The molecule has 0 fully saturated rings. The number of rotatable bonds is 5. The van der Waals surface area contributed by atoms with Gasteiger partial charge in [0.05, 0.1) is 0 Å². The zero-order valence-electron chi connectivity index (χ0n) is 11.8. The summed E-state index contributed by atoms with van der Waals surface area (Å²) in [5, 5.41) is 1.10. The summed E-state index contributed by atoms with van der Waals surface area (Å²) in [7, 11) is 0. The van der Waals surface area contributed by atoms with E-state index in [1.165, 1.54) is 0 Å². The van der Waals surface area contributed by atoms with Crippen LogP contribution in [0.5, 0.6) is 0 Å². The van der Waals surface area contributed by atoms with Crippen molar-refractivity contribution in [3.8, 4) is 0 Å². The van der Waals surface area contributed by atoms with Gasteiger partial charge < -0.3 is 15.5 Å². The van der Waals surface area contributed by atoms with Crippen molar-refractivity contribution in [1.29, 1.82) is 0 Å². The third-order valence-electron chi connectivity index (χ3n) is 3.13. The molecule has 1 heterocycles. The van der Waals surface area contributed by atoms with Crippen molar-refractivity contribution in [2.24, 2.45) is 5.73 Å². The molecule has 0 radical (unpaired) electrons. The Morgan fingerprint density at radius 1 is 1.40 bits per heavy atom. The molecular formula is C16H20N2O2. The smallest absolute Gasteiger partial charge is 0.323 e. The number of esters is 1. The number of fused-ring (bicyclic) bond motifs is 1. The van der Waals surface area contributed by atoms with Gasteiger partial charge in [-0.3, -0.25) is 4.79 Å². The van der Waals surface area contributed by atoms with Gasteiger partial charge in [-0.15, -0.1) is 0 Å². The lowest BCUT2D eigenvalue weighted by atomic mass is 10.1. The van der Waals surface area contributed by atoms with E-state index in [9.17, 15) is 4.79 Å². The van der Waals surface area contributed by atoms with Gasteiger partial charge in [0.1, 0.15) is 12.6 Å². The normalized spacial score (nSPS) is 12.2. The Bertz CT molecular complexity index is 624. The number of hydrogen-bond donors (Lipinski definition) is 2. The van der Waals surface area contributed by atoms with Crippen LogP contribution in [-0.4, -0.2) is 23.6 Å². The zero-order valence-corrected chi connectivity index (χ0v) is 11.8. The SMILES string of the molecule is CC(C)=CCOC(=O)[C@@H](N)Cc1c[nH]c2ccccc12. The van der Waals surface area contributed by atoms with Crippen molar-refractivity contribution in [2.45, 2.75) is 26.3 Å². The highest BCUT2D eigenvalue weighted by molar-refractivity contribution is 5.84. The molecule has 0 unspecified atom stereocenters. The monoisotopic (exact) mass is 272 g/mol. The number of carbonyl (C=O) groups excluding carboxylic acids is 1. The van der Waals surface area contributed by atoms with Crippen molar-refractivity contribution in [3.63, 3.8) is 0 Å². The van der Waals surface area contributed by atoms with E-state index in [2.05, 4.69) is 4.98 Å². The molecule has 0 aliphatic heterocycles. The lowest BCUT2D eigenvalue weighted by Gasteiger charge is -2.10. The van der Waals surface area contributed by atoms with Crippen LogP contribution in [0.25, 0.3) is 10.9 Å². The Labute approximate surface area is 118 Å². The molecule has 2 rings (SSSR count). The first-order valence-corrected chi connectivity index (χ1v) is 6.68. The zero-order chi connectivity index (χ0) is 14.5. The van der Waals surface area contributed by atoms with Crippen LogP contribution >= 0.6 is 0 Å². The molecule has 20 heavy (non-hydrogen) atoms. The van der Waals surface area contributed by atoms with Gasteiger partial charge in [0, 0.05) is 23.5 Å². The molecule has 0 spiro atoms. The van der Waals surface area contributed by atoms with Crippen LogP contribution in [0.1, 0.15) is 19.4 Å². The number of nitrogens with one attached hydrogen (secondary N) is 1. The van der Waals surface area contributed by atoms with Crippen molar-refractivity contribution in [3.05, 3.63) is 47.7 Å². The maximum atomic E-state index is 11.8. The molecular weight excluding hydrogens is 252 g/mol. The predicted molar refractivity (Wildman–Crippen MR) is 80.4 cm³/mol. The Morgan fingerprint density at radius 3 is 2.90 bits per heavy atom. The number of benzene rings is 1. The van der Waals surface area contributed by atoms with Crippen molar-refractivity contribution >= 4 is 16.9 Å². The topological polar surface area (TPSA) is 68.1 Å². The van der Waals surface area contributed by atoms with Gasteiger partial charge >= 0.3 is 5.97 Å². The molecule has 0 amide bonds. The minimum Gasteiger partial charge on any atom is -0.460 e. The predicted octanol–water partition coefficient (Wildman–Crippen LogP) is 2.55.